The molecule has 0 amide bonds. The van der Waals surface area contributed by atoms with Crippen molar-refractivity contribution in [1.82, 2.24) is 4.90 Å². The third-order valence-electron chi connectivity index (χ3n) is 3.13. The summed E-state index contributed by atoms with van der Waals surface area (Å²) in [6.07, 6.45) is -4.31. The lowest BCUT2D eigenvalue weighted by Gasteiger charge is -2.18. The van der Waals surface area contributed by atoms with Gasteiger partial charge in [-0.1, -0.05) is 0 Å². The van der Waals surface area contributed by atoms with Gasteiger partial charge in [0.05, 0.1) is 10.5 Å². The Hall–Kier alpha value is -1.83. The Morgan fingerprint density at radius 3 is 2.38 bits per heavy atom. The van der Waals surface area contributed by atoms with Gasteiger partial charge in [0.25, 0.3) is 5.69 Å². The molecule has 0 radical (unpaired) electrons. The number of nitrogens with zero attached hydrogens (tertiary/aromatic N) is 2. The smallest absolute Gasteiger partial charge is 0.393 e. The van der Waals surface area contributed by atoms with Crippen molar-refractivity contribution in [2.45, 2.75) is 25.9 Å². The third kappa shape index (κ3) is 4.07. The molecule has 2 N–H and O–H groups in total. The van der Waals surface area contributed by atoms with Crippen LogP contribution in [0.15, 0.2) is 6.07 Å². The molecule has 8 heteroatoms. The summed E-state index contributed by atoms with van der Waals surface area (Å²) in [7, 11) is 3.56. The number of anilines is 1. The Kier molecular flexibility index (Phi) is 5.16. The highest BCUT2D eigenvalue weighted by molar-refractivity contribution is 5.67. The number of nitro benzene ring substituents is 1. The maximum atomic E-state index is 13.2. The van der Waals surface area contributed by atoms with Gasteiger partial charge in [-0.05, 0) is 52.0 Å². The summed E-state index contributed by atoms with van der Waals surface area (Å²) < 4.78 is 39.6. The fraction of sp³-hybridized carbons (Fsp3) is 0.538. The van der Waals surface area contributed by atoms with Crippen LogP contribution in [0.1, 0.15) is 23.1 Å². The van der Waals surface area contributed by atoms with E-state index in [0.29, 0.717) is 13.0 Å². The summed E-state index contributed by atoms with van der Waals surface area (Å²) in [6, 6.07) is 1.01. The van der Waals surface area contributed by atoms with Crippen molar-refractivity contribution in [3.8, 4) is 0 Å². The van der Waals surface area contributed by atoms with Crippen LogP contribution in [-0.4, -0.2) is 30.5 Å². The van der Waals surface area contributed by atoms with E-state index in [2.05, 4.69) is 0 Å². The fourth-order valence-electron chi connectivity index (χ4n) is 2.33. The molecular weight excluding hydrogens is 287 g/mol. The summed E-state index contributed by atoms with van der Waals surface area (Å²) in [5, 5.41) is 11.1. The zero-order chi connectivity index (χ0) is 16.4. The second-order valence-electron chi connectivity index (χ2n) is 5.15. The van der Waals surface area contributed by atoms with E-state index in [1.165, 1.54) is 6.92 Å². The van der Waals surface area contributed by atoms with Crippen LogP contribution in [0.5, 0.6) is 0 Å². The summed E-state index contributed by atoms with van der Waals surface area (Å²) in [4.78, 5) is 12.0. The summed E-state index contributed by atoms with van der Waals surface area (Å²) in [5.41, 5.74) is 3.32. The minimum absolute atomic E-state index is 0.0464. The molecule has 21 heavy (non-hydrogen) atoms. The van der Waals surface area contributed by atoms with Crippen molar-refractivity contribution in [3.05, 3.63) is 32.9 Å². The highest BCUT2D eigenvalue weighted by Crippen LogP contribution is 2.41. The van der Waals surface area contributed by atoms with E-state index in [1.54, 1.807) is 19.0 Å². The van der Waals surface area contributed by atoms with Gasteiger partial charge in [0.15, 0.2) is 0 Å². The predicted octanol–water partition coefficient (Wildman–Crippen LogP) is 3.00. The average molecular weight is 305 g/mol. The molecular formula is C13H18F3N3O2. The van der Waals surface area contributed by atoms with Crippen molar-refractivity contribution in [2.24, 2.45) is 0 Å². The summed E-state index contributed by atoms with van der Waals surface area (Å²) >= 11 is 0. The number of nitrogens with two attached hydrogens (primary N) is 1. The molecule has 0 saturated heterocycles. The molecule has 1 aromatic rings. The lowest BCUT2D eigenvalue weighted by atomic mass is 9.94. The van der Waals surface area contributed by atoms with Gasteiger partial charge >= 0.3 is 6.18 Å². The van der Waals surface area contributed by atoms with Gasteiger partial charge in [-0.15, -0.1) is 0 Å². The maximum Gasteiger partial charge on any atom is 0.417 e. The van der Waals surface area contributed by atoms with Crippen LogP contribution < -0.4 is 5.73 Å². The van der Waals surface area contributed by atoms with Gasteiger partial charge in [0.2, 0.25) is 0 Å². The minimum atomic E-state index is -4.64. The second-order valence-corrected chi connectivity index (χ2v) is 5.15. The first-order valence-electron chi connectivity index (χ1n) is 6.34. The van der Waals surface area contributed by atoms with Crippen LogP contribution in [0.4, 0.5) is 24.5 Å². The van der Waals surface area contributed by atoms with Crippen molar-refractivity contribution >= 4 is 11.4 Å². The Balaban J connectivity index is 3.41. The van der Waals surface area contributed by atoms with E-state index in [-0.39, 0.29) is 23.2 Å². The van der Waals surface area contributed by atoms with Gasteiger partial charge in [-0.2, -0.15) is 13.2 Å². The molecule has 5 nitrogen and oxygen atoms in total. The maximum absolute atomic E-state index is 13.2. The van der Waals surface area contributed by atoms with Gasteiger partial charge < -0.3 is 10.6 Å². The first-order chi connectivity index (χ1) is 9.55. The number of hydrogen-bond donors (Lipinski definition) is 1. The van der Waals surface area contributed by atoms with Gasteiger partial charge in [0.1, 0.15) is 5.69 Å². The van der Waals surface area contributed by atoms with Crippen LogP contribution in [0, 0.1) is 17.0 Å². The molecule has 0 spiro atoms. The Morgan fingerprint density at radius 2 is 1.95 bits per heavy atom. The molecule has 1 aromatic carbocycles. The van der Waals surface area contributed by atoms with Crippen molar-refractivity contribution in [1.29, 1.82) is 0 Å². The average Bonchev–Trinajstić information content (AvgIpc) is 2.24. The fourth-order valence-corrected chi connectivity index (χ4v) is 2.33. The van der Waals surface area contributed by atoms with E-state index < -0.39 is 22.4 Å². The van der Waals surface area contributed by atoms with E-state index in [4.69, 9.17) is 5.73 Å². The molecule has 0 fully saturated rings. The zero-order valence-corrected chi connectivity index (χ0v) is 12.1. The third-order valence-corrected chi connectivity index (χ3v) is 3.13. The lowest BCUT2D eigenvalue weighted by molar-refractivity contribution is -0.384. The molecule has 1 rings (SSSR count). The minimum Gasteiger partial charge on any atom is -0.393 e. The molecule has 0 saturated carbocycles. The Bertz CT molecular complexity index is 542. The molecule has 0 aromatic heterocycles. The van der Waals surface area contributed by atoms with Crippen LogP contribution in [0.25, 0.3) is 0 Å². The number of rotatable bonds is 5. The topological polar surface area (TPSA) is 72.4 Å². The van der Waals surface area contributed by atoms with Gasteiger partial charge in [-0.25, -0.2) is 0 Å². The molecule has 0 aliphatic carbocycles. The van der Waals surface area contributed by atoms with Crippen molar-refractivity contribution in [3.63, 3.8) is 0 Å². The molecule has 0 atom stereocenters. The van der Waals surface area contributed by atoms with Crippen molar-refractivity contribution in [2.75, 3.05) is 26.4 Å². The molecule has 0 heterocycles. The van der Waals surface area contributed by atoms with Crippen LogP contribution in [-0.2, 0) is 12.6 Å². The molecule has 0 aliphatic heterocycles. The highest BCUT2D eigenvalue weighted by Gasteiger charge is 2.39. The standard InChI is InChI=1S/C13H18F3N3O2/c1-8-7-10(17)12(19(20)21)9(5-4-6-18(2)3)11(8)13(14,15)16/h7H,4-6,17H2,1-3H3. The van der Waals surface area contributed by atoms with Gasteiger partial charge in [0, 0.05) is 5.56 Å². The van der Waals surface area contributed by atoms with E-state index in [9.17, 15) is 23.3 Å². The quantitative estimate of drug-likeness (QED) is 0.515. The predicted molar refractivity (Wildman–Crippen MR) is 74.1 cm³/mol. The van der Waals surface area contributed by atoms with Crippen LogP contribution >= 0.6 is 0 Å². The number of alkyl halides is 3. The number of halogens is 3. The molecule has 0 aliphatic rings. The molecule has 118 valence electrons. The zero-order valence-electron chi connectivity index (χ0n) is 12.1. The Morgan fingerprint density at radius 1 is 1.38 bits per heavy atom. The SMILES string of the molecule is Cc1cc(N)c([N+](=O)[O-])c(CCCN(C)C)c1C(F)(F)F. The highest BCUT2D eigenvalue weighted by atomic mass is 19.4. The molecule has 0 unspecified atom stereocenters. The second kappa shape index (κ2) is 6.30. The number of nitro groups is 1. The summed E-state index contributed by atoms with van der Waals surface area (Å²) in [6.45, 7) is 1.79. The summed E-state index contributed by atoms with van der Waals surface area (Å²) in [5.74, 6) is 0. The Labute approximate surface area is 120 Å². The van der Waals surface area contributed by atoms with Crippen LogP contribution in [0.3, 0.4) is 0 Å². The van der Waals surface area contributed by atoms with E-state index in [1.807, 2.05) is 0 Å². The van der Waals surface area contributed by atoms with Crippen molar-refractivity contribution < 1.29 is 18.1 Å². The molecule has 0 bridgehead atoms. The number of aryl methyl sites for hydroxylation is 1. The largest absolute Gasteiger partial charge is 0.417 e. The van der Waals surface area contributed by atoms with E-state index >= 15 is 0 Å². The first kappa shape index (κ1) is 17.2. The van der Waals surface area contributed by atoms with Gasteiger partial charge in [-0.3, -0.25) is 10.1 Å². The number of benzene rings is 1. The monoisotopic (exact) mass is 305 g/mol. The van der Waals surface area contributed by atoms with Crippen LogP contribution in [0.2, 0.25) is 0 Å². The number of hydrogen-bond acceptors (Lipinski definition) is 4. The van der Waals surface area contributed by atoms with E-state index in [0.717, 1.165) is 6.07 Å². The normalized spacial score (nSPS) is 12.0. The number of nitrogen functional groups attached to an aromatic ring is 1. The lowest BCUT2D eigenvalue weighted by Crippen LogP contribution is -2.18. The first-order valence-corrected chi connectivity index (χ1v) is 6.34.